The molecule has 1 spiro atoms. The largest absolute Gasteiger partial charge is 0.465 e. The molecule has 3 aliphatic rings. The van der Waals surface area contributed by atoms with Gasteiger partial charge in [-0.15, -0.1) is 24.9 Å². The summed E-state index contributed by atoms with van der Waals surface area (Å²) in [5.74, 6) is -1.46. The maximum atomic E-state index is 14.4. The summed E-state index contributed by atoms with van der Waals surface area (Å²) in [6, 6.07) is -0.558. The number of hydrogen-bond acceptors (Lipinski definition) is 6. The molecule has 0 aromatic carbocycles. The highest BCUT2D eigenvalue weighted by molar-refractivity contribution is 8.02. The van der Waals surface area contributed by atoms with Gasteiger partial charge in [0.25, 0.3) is 0 Å². The average Bonchev–Trinajstić information content (AvgIpc) is 3.47. The molecule has 0 aromatic heterocycles. The van der Waals surface area contributed by atoms with Crippen molar-refractivity contribution in [1.82, 2.24) is 9.80 Å². The van der Waals surface area contributed by atoms with Gasteiger partial charge in [-0.2, -0.15) is 0 Å². The van der Waals surface area contributed by atoms with Gasteiger partial charge in [0.2, 0.25) is 11.8 Å². The summed E-state index contributed by atoms with van der Waals surface area (Å²) in [5.41, 5.74) is 0. The summed E-state index contributed by atoms with van der Waals surface area (Å²) in [6.45, 7) is 15.4. The predicted molar refractivity (Wildman–Crippen MR) is 157 cm³/mol. The third-order valence-corrected chi connectivity index (χ3v) is 11.0. The van der Waals surface area contributed by atoms with Gasteiger partial charge >= 0.3 is 5.97 Å². The van der Waals surface area contributed by atoms with E-state index in [4.69, 9.17) is 9.84 Å². The number of carbonyl (C=O) groups is 3. The number of esters is 1. The number of nitrogens with zero attached hydrogens (tertiary/aromatic N) is 2. The molecule has 3 unspecified atom stereocenters. The fourth-order valence-corrected chi connectivity index (χ4v) is 9.40. The monoisotopic (exact) mass is 562 g/mol. The molecule has 2 bridgehead atoms. The molecule has 3 aliphatic heterocycles. The highest BCUT2D eigenvalue weighted by atomic mass is 32.2. The Bertz CT molecular complexity index is 896. The number of amides is 2. The number of carbonyl (C=O) groups excluding carboxylic acids is 3. The lowest BCUT2D eigenvalue weighted by Gasteiger charge is -2.39. The van der Waals surface area contributed by atoms with Gasteiger partial charge in [-0.05, 0) is 65.2 Å². The number of aliphatic hydroxyl groups is 1. The number of likely N-dealkylation sites (tertiary alicyclic amines) is 1. The second-order valence-electron chi connectivity index (χ2n) is 11.8. The van der Waals surface area contributed by atoms with Gasteiger partial charge < -0.3 is 19.6 Å². The minimum absolute atomic E-state index is 0.0164. The van der Waals surface area contributed by atoms with E-state index in [-0.39, 0.29) is 30.4 Å². The van der Waals surface area contributed by atoms with Crippen molar-refractivity contribution in [2.24, 2.45) is 11.8 Å². The molecule has 39 heavy (non-hydrogen) atoms. The molecular formula is C31H50N2O5S. The summed E-state index contributed by atoms with van der Waals surface area (Å²) < 4.78 is 4.73. The summed E-state index contributed by atoms with van der Waals surface area (Å²) in [6.07, 6.45) is 12.8. The Morgan fingerprint density at radius 1 is 1.18 bits per heavy atom. The van der Waals surface area contributed by atoms with Crippen LogP contribution in [-0.2, 0) is 19.1 Å². The molecule has 220 valence electrons. The predicted octanol–water partition coefficient (Wildman–Crippen LogP) is 5.12. The number of aliphatic hydroxyl groups excluding tert-OH is 1. The number of hydrogen-bond donors (Lipinski definition) is 1. The summed E-state index contributed by atoms with van der Waals surface area (Å²) in [5, 5.41) is 9.16. The molecule has 0 aliphatic carbocycles. The highest BCUT2D eigenvalue weighted by Gasteiger charge is 2.77. The van der Waals surface area contributed by atoms with E-state index in [1.165, 1.54) is 0 Å². The van der Waals surface area contributed by atoms with Crippen molar-refractivity contribution in [3.05, 3.63) is 25.3 Å². The smallest absolute Gasteiger partial charge is 0.311 e. The Balaban J connectivity index is 1.91. The molecule has 0 radical (unpaired) electrons. The lowest BCUT2D eigenvalue weighted by molar-refractivity contribution is -0.155. The Labute approximate surface area is 239 Å². The zero-order valence-corrected chi connectivity index (χ0v) is 25.2. The van der Waals surface area contributed by atoms with Gasteiger partial charge in [0.05, 0.1) is 23.2 Å². The van der Waals surface area contributed by atoms with Crippen molar-refractivity contribution in [2.75, 3.05) is 26.3 Å². The first kappa shape index (κ1) is 31.7. The molecule has 8 heteroatoms. The standard InChI is InChI=1S/C31H50N2O5S/c1-6-9-10-15-22-38-29(37)25-24-27(35)33(20-13-11-12-14-21-34)26(31(24)18-17-30(25,5)39-31)28(36)32(19-8-3)23(4)16-7-2/h6,8,23-26,34H,1,3,7,9-22H2,2,4-5H3/t23?,24-,25-,26?,30+,31?/m0/s1. The quantitative estimate of drug-likeness (QED) is 0.142. The van der Waals surface area contributed by atoms with Crippen LogP contribution >= 0.6 is 11.8 Å². The summed E-state index contributed by atoms with van der Waals surface area (Å²) in [7, 11) is 0. The van der Waals surface area contributed by atoms with E-state index in [1.54, 1.807) is 17.8 Å². The first-order valence-corrected chi connectivity index (χ1v) is 15.8. The van der Waals surface area contributed by atoms with Gasteiger partial charge in [0, 0.05) is 30.5 Å². The van der Waals surface area contributed by atoms with Gasteiger partial charge in [-0.1, -0.05) is 38.3 Å². The van der Waals surface area contributed by atoms with E-state index in [0.717, 1.165) is 70.6 Å². The highest BCUT2D eigenvalue weighted by Crippen LogP contribution is 2.71. The molecular weight excluding hydrogens is 512 g/mol. The SMILES string of the molecule is C=CCCCCOC(=O)[C@@H]1[C@H]2C(=O)N(CCCCCCO)C(C(=O)N(CC=C)C(C)CCC)C23CC[C@@]1(C)S3. The lowest BCUT2D eigenvalue weighted by atomic mass is 9.66. The lowest BCUT2D eigenvalue weighted by Crippen LogP contribution is -2.56. The number of thioether (sulfide) groups is 1. The molecule has 3 rings (SSSR count). The van der Waals surface area contributed by atoms with E-state index < -0.39 is 27.4 Å². The fraction of sp³-hybridized carbons (Fsp3) is 0.774. The van der Waals surface area contributed by atoms with Gasteiger partial charge in [-0.25, -0.2) is 0 Å². The minimum Gasteiger partial charge on any atom is -0.465 e. The topological polar surface area (TPSA) is 87.1 Å². The van der Waals surface area contributed by atoms with Crippen LogP contribution in [0.15, 0.2) is 25.3 Å². The van der Waals surface area contributed by atoms with Crippen molar-refractivity contribution in [3.63, 3.8) is 0 Å². The van der Waals surface area contributed by atoms with Crippen LogP contribution in [0, 0.1) is 11.8 Å². The van der Waals surface area contributed by atoms with Crippen molar-refractivity contribution < 1.29 is 24.2 Å². The Hall–Kier alpha value is -1.80. The summed E-state index contributed by atoms with van der Waals surface area (Å²) in [4.78, 5) is 45.9. The van der Waals surface area contributed by atoms with Crippen molar-refractivity contribution in [1.29, 1.82) is 0 Å². The van der Waals surface area contributed by atoms with Gasteiger partial charge in [-0.3, -0.25) is 14.4 Å². The van der Waals surface area contributed by atoms with Gasteiger partial charge in [0.1, 0.15) is 6.04 Å². The Morgan fingerprint density at radius 3 is 2.59 bits per heavy atom. The zero-order chi connectivity index (χ0) is 28.6. The molecule has 1 N–H and O–H groups in total. The van der Waals surface area contributed by atoms with Crippen LogP contribution in [0.4, 0.5) is 0 Å². The van der Waals surface area contributed by atoms with E-state index in [1.807, 2.05) is 15.9 Å². The maximum absolute atomic E-state index is 14.4. The molecule has 3 saturated heterocycles. The first-order chi connectivity index (χ1) is 18.7. The number of fused-ring (bicyclic) bond motifs is 1. The van der Waals surface area contributed by atoms with Gasteiger partial charge in [0.15, 0.2) is 0 Å². The molecule has 0 saturated carbocycles. The third kappa shape index (κ3) is 6.42. The van der Waals surface area contributed by atoms with E-state index in [9.17, 15) is 14.4 Å². The van der Waals surface area contributed by atoms with E-state index in [2.05, 4.69) is 33.9 Å². The maximum Gasteiger partial charge on any atom is 0.311 e. The second-order valence-corrected chi connectivity index (χ2v) is 13.7. The Kier molecular flexibility index (Phi) is 11.6. The first-order valence-electron chi connectivity index (χ1n) is 15.0. The minimum atomic E-state index is -0.619. The number of unbranched alkanes of at least 4 members (excludes halogenated alkanes) is 5. The van der Waals surface area contributed by atoms with E-state index >= 15 is 0 Å². The molecule has 3 fully saturated rings. The van der Waals surface area contributed by atoms with Crippen LogP contribution in [0.3, 0.4) is 0 Å². The van der Waals surface area contributed by atoms with Crippen LogP contribution in [0.2, 0.25) is 0 Å². The molecule has 6 atom stereocenters. The number of ether oxygens (including phenoxy) is 1. The van der Waals surface area contributed by atoms with Crippen LogP contribution in [0.5, 0.6) is 0 Å². The zero-order valence-electron chi connectivity index (χ0n) is 24.4. The average molecular weight is 563 g/mol. The normalized spacial score (nSPS) is 29.8. The van der Waals surface area contributed by atoms with Crippen molar-refractivity contribution in [3.8, 4) is 0 Å². The third-order valence-electron chi connectivity index (χ3n) is 8.97. The van der Waals surface area contributed by atoms with Crippen LogP contribution in [-0.4, -0.2) is 80.6 Å². The molecule has 2 amide bonds. The van der Waals surface area contributed by atoms with Crippen molar-refractivity contribution in [2.45, 2.75) is 113 Å². The molecule has 0 aromatic rings. The van der Waals surface area contributed by atoms with Crippen LogP contribution in [0.1, 0.15) is 91.4 Å². The van der Waals surface area contributed by atoms with Crippen molar-refractivity contribution >= 4 is 29.5 Å². The van der Waals surface area contributed by atoms with E-state index in [0.29, 0.717) is 19.7 Å². The Morgan fingerprint density at radius 2 is 1.92 bits per heavy atom. The second kappa shape index (κ2) is 14.2. The summed E-state index contributed by atoms with van der Waals surface area (Å²) >= 11 is 1.70. The number of allylic oxidation sites excluding steroid dienone is 1. The van der Waals surface area contributed by atoms with Crippen LogP contribution in [0.25, 0.3) is 0 Å². The molecule has 3 heterocycles. The molecule has 7 nitrogen and oxygen atoms in total. The fourth-order valence-electron chi connectivity index (χ4n) is 7.06. The van der Waals surface area contributed by atoms with Crippen LogP contribution < -0.4 is 0 Å². The number of rotatable bonds is 18.